The van der Waals surface area contributed by atoms with Gasteiger partial charge in [0.15, 0.2) is 0 Å². The van der Waals surface area contributed by atoms with E-state index in [2.05, 4.69) is 10.1 Å². The molecular weight excluding hydrogens is 312 g/mol. The van der Waals surface area contributed by atoms with E-state index in [9.17, 15) is 9.59 Å². The minimum Gasteiger partial charge on any atom is -0.462 e. The number of aromatic nitrogens is 3. The molecule has 8 nitrogen and oxygen atoms in total. The van der Waals surface area contributed by atoms with Crippen molar-refractivity contribution in [2.75, 3.05) is 37.8 Å². The first kappa shape index (κ1) is 16.5. The van der Waals surface area contributed by atoms with E-state index < -0.39 is 11.5 Å². The molecule has 3 heterocycles. The van der Waals surface area contributed by atoms with Crippen LogP contribution in [-0.4, -0.2) is 53.6 Å². The average Bonchev–Trinajstić information content (AvgIpc) is 2.98. The van der Waals surface area contributed by atoms with E-state index in [-0.39, 0.29) is 18.2 Å². The first-order chi connectivity index (χ1) is 11.5. The van der Waals surface area contributed by atoms with Crippen LogP contribution in [-0.2, 0) is 9.47 Å². The second-order valence-electron chi connectivity index (χ2n) is 5.94. The summed E-state index contributed by atoms with van der Waals surface area (Å²) in [7, 11) is 0. The van der Waals surface area contributed by atoms with Crippen molar-refractivity contribution in [1.29, 1.82) is 0 Å². The Morgan fingerprint density at radius 2 is 2.12 bits per heavy atom. The molecule has 0 aromatic carbocycles. The number of pyridine rings is 1. The Kier molecular flexibility index (Phi) is 4.57. The number of carbonyl (C=O) groups is 1. The molecule has 0 unspecified atom stereocenters. The molecule has 2 aromatic rings. The van der Waals surface area contributed by atoms with E-state index in [1.54, 1.807) is 17.8 Å². The van der Waals surface area contributed by atoms with Crippen LogP contribution in [0.3, 0.4) is 0 Å². The predicted molar refractivity (Wildman–Crippen MR) is 89.7 cm³/mol. The Balaban J connectivity index is 2.26. The molecule has 1 saturated heterocycles. The van der Waals surface area contributed by atoms with Gasteiger partial charge in [-0.2, -0.15) is 5.10 Å². The fraction of sp³-hybridized carbons (Fsp3) is 0.562. The van der Waals surface area contributed by atoms with Gasteiger partial charge in [0.05, 0.1) is 37.1 Å². The van der Waals surface area contributed by atoms with E-state index in [4.69, 9.17) is 9.47 Å². The summed E-state index contributed by atoms with van der Waals surface area (Å²) in [6.45, 7) is 8.22. The topological polar surface area (TPSA) is 89.4 Å². The zero-order valence-electron chi connectivity index (χ0n) is 14.2. The highest BCUT2D eigenvalue weighted by Crippen LogP contribution is 2.30. The zero-order valence-corrected chi connectivity index (χ0v) is 14.2. The van der Waals surface area contributed by atoms with E-state index in [0.717, 1.165) is 5.39 Å². The van der Waals surface area contributed by atoms with Crippen molar-refractivity contribution in [3.05, 3.63) is 22.1 Å². The van der Waals surface area contributed by atoms with Gasteiger partial charge < -0.3 is 19.4 Å². The number of esters is 1. The van der Waals surface area contributed by atoms with Crippen LogP contribution >= 0.6 is 0 Å². The molecule has 0 aliphatic carbocycles. The molecule has 1 fully saturated rings. The van der Waals surface area contributed by atoms with E-state index in [1.807, 2.05) is 18.7 Å². The molecule has 24 heavy (non-hydrogen) atoms. The summed E-state index contributed by atoms with van der Waals surface area (Å²) >= 11 is 0. The molecule has 0 amide bonds. The number of ether oxygens (including phenoxy) is 2. The second-order valence-corrected chi connectivity index (χ2v) is 5.94. The summed E-state index contributed by atoms with van der Waals surface area (Å²) in [5.74, 6) is -0.612. The molecule has 8 heteroatoms. The number of hydrogen-bond donors (Lipinski definition) is 1. The smallest absolute Gasteiger partial charge is 0.345 e. The van der Waals surface area contributed by atoms with Crippen molar-refractivity contribution in [3.63, 3.8) is 0 Å². The highest BCUT2D eigenvalue weighted by Gasteiger charge is 2.27. The number of aromatic amines is 1. The fourth-order valence-electron chi connectivity index (χ4n) is 2.97. The number of nitrogens with one attached hydrogen (secondary N) is 1. The van der Waals surface area contributed by atoms with Crippen LogP contribution in [0.4, 0.5) is 5.69 Å². The number of hydrogen-bond acceptors (Lipinski definition) is 6. The largest absolute Gasteiger partial charge is 0.462 e. The Labute approximate surface area is 139 Å². The lowest BCUT2D eigenvalue weighted by atomic mass is 10.1. The summed E-state index contributed by atoms with van der Waals surface area (Å²) in [6, 6.07) is 0.0872. The Morgan fingerprint density at radius 1 is 1.42 bits per heavy atom. The molecule has 2 aromatic heterocycles. The van der Waals surface area contributed by atoms with Crippen molar-refractivity contribution in [2.45, 2.75) is 26.8 Å². The van der Waals surface area contributed by atoms with Gasteiger partial charge in [-0.05, 0) is 20.8 Å². The predicted octanol–water partition coefficient (Wildman–Crippen LogP) is 1.32. The number of H-pyrrole nitrogens is 1. The molecule has 1 N–H and O–H groups in total. The lowest BCUT2D eigenvalue weighted by Crippen LogP contribution is -2.39. The van der Waals surface area contributed by atoms with Crippen molar-refractivity contribution in [3.8, 4) is 0 Å². The van der Waals surface area contributed by atoms with E-state index >= 15 is 0 Å². The van der Waals surface area contributed by atoms with Crippen LogP contribution in [0.2, 0.25) is 0 Å². The summed E-state index contributed by atoms with van der Waals surface area (Å²) in [5, 5.41) is 5.12. The molecule has 0 saturated carbocycles. The normalized spacial score (nSPS) is 15.2. The first-order valence-electron chi connectivity index (χ1n) is 8.17. The Bertz CT molecular complexity index is 802. The standard InChI is InChI=1S/C16H22N4O4/c1-4-24-16(22)12-13(19-5-7-23-8-6-19)11-9-17-20(10(2)3)14(11)18-15(12)21/h9-10H,4-8H2,1-3H3,(H,18,21). The number of morpholine rings is 1. The maximum Gasteiger partial charge on any atom is 0.345 e. The van der Waals surface area contributed by atoms with Gasteiger partial charge in [-0.15, -0.1) is 0 Å². The third-order valence-corrected chi connectivity index (χ3v) is 4.04. The minimum absolute atomic E-state index is 0.0366. The third-order valence-electron chi connectivity index (χ3n) is 4.04. The summed E-state index contributed by atoms with van der Waals surface area (Å²) in [5.41, 5.74) is 0.784. The van der Waals surface area contributed by atoms with Crippen LogP contribution in [0, 0.1) is 0 Å². The molecule has 130 valence electrons. The van der Waals surface area contributed by atoms with Crippen molar-refractivity contribution in [2.24, 2.45) is 0 Å². The van der Waals surface area contributed by atoms with E-state index in [0.29, 0.717) is 37.6 Å². The van der Waals surface area contributed by atoms with Crippen molar-refractivity contribution in [1.82, 2.24) is 14.8 Å². The number of fused-ring (bicyclic) bond motifs is 1. The maximum absolute atomic E-state index is 12.6. The van der Waals surface area contributed by atoms with Gasteiger partial charge in [0.1, 0.15) is 11.2 Å². The third kappa shape index (κ3) is 2.77. The zero-order chi connectivity index (χ0) is 17.3. The molecule has 0 bridgehead atoms. The van der Waals surface area contributed by atoms with Gasteiger partial charge in [0.2, 0.25) is 0 Å². The van der Waals surface area contributed by atoms with Crippen LogP contribution < -0.4 is 10.5 Å². The van der Waals surface area contributed by atoms with E-state index in [1.165, 1.54) is 0 Å². The molecule has 0 radical (unpaired) electrons. The average molecular weight is 334 g/mol. The van der Waals surface area contributed by atoms with Gasteiger partial charge in [-0.1, -0.05) is 0 Å². The molecule has 1 aliphatic heterocycles. The minimum atomic E-state index is -0.612. The fourth-order valence-corrected chi connectivity index (χ4v) is 2.97. The maximum atomic E-state index is 12.6. The highest BCUT2D eigenvalue weighted by molar-refractivity contribution is 6.04. The Hall–Kier alpha value is -2.35. The summed E-state index contributed by atoms with van der Waals surface area (Å²) < 4.78 is 12.2. The van der Waals surface area contributed by atoms with Gasteiger partial charge >= 0.3 is 5.97 Å². The van der Waals surface area contributed by atoms with Crippen LogP contribution in [0.25, 0.3) is 11.0 Å². The van der Waals surface area contributed by atoms with Crippen LogP contribution in [0.1, 0.15) is 37.2 Å². The summed E-state index contributed by atoms with van der Waals surface area (Å²) in [6.07, 6.45) is 1.69. The monoisotopic (exact) mass is 334 g/mol. The summed E-state index contributed by atoms with van der Waals surface area (Å²) in [4.78, 5) is 29.8. The quantitative estimate of drug-likeness (QED) is 0.848. The van der Waals surface area contributed by atoms with Gasteiger partial charge in [0.25, 0.3) is 5.56 Å². The van der Waals surface area contributed by atoms with Gasteiger partial charge in [-0.25, -0.2) is 9.48 Å². The lowest BCUT2D eigenvalue weighted by molar-refractivity contribution is 0.0524. The molecule has 3 rings (SSSR count). The second kappa shape index (κ2) is 6.64. The van der Waals surface area contributed by atoms with Crippen LogP contribution in [0.5, 0.6) is 0 Å². The molecule has 0 spiro atoms. The highest BCUT2D eigenvalue weighted by atomic mass is 16.5. The van der Waals surface area contributed by atoms with Crippen LogP contribution in [0.15, 0.2) is 11.0 Å². The molecular formula is C16H22N4O4. The van der Waals surface area contributed by atoms with Gasteiger partial charge in [0, 0.05) is 19.1 Å². The lowest BCUT2D eigenvalue weighted by Gasteiger charge is -2.30. The molecule has 1 aliphatic rings. The SMILES string of the molecule is CCOC(=O)c1c(N2CCOCC2)c2cnn(C(C)C)c2[nH]c1=O. The van der Waals surface area contributed by atoms with Crippen molar-refractivity contribution < 1.29 is 14.3 Å². The van der Waals surface area contributed by atoms with Crippen molar-refractivity contribution >= 4 is 22.7 Å². The number of nitrogens with zero attached hydrogens (tertiary/aromatic N) is 3. The Morgan fingerprint density at radius 3 is 2.75 bits per heavy atom. The number of rotatable bonds is 4. The number of anilines is 1. The van der Waals surface area contributed by atoms with Gasteiger partial charge in [-0.3, -0.25) is 4.79 Å². The molecule has 0 atom stereocenters. The number of carbonyl (C=O) groups excluding carboxylic acids is 1. The first-order valence-corrected chi connectivity index (χ1v) is 8.17.